The van der Waals surface area contributed by atoms with Crippen molar-refractivity contribution >= 4 is 0 Å². The molecule has 5 heteroatoms. The Morgan fingerprint density at radius 3 is 2.50 bits per heavy atom. The highest BCUT2D eigenvalue weighted by atomic mass is 16.5. The Kier molecular flexibility index (Phi) is 3.68. The first kappa shape index (κ1) is 14.7. The zero-order valence-electron chi connectivity index (χ0n) is 12.2. The molecule has 0 spiro atoms. The second kappa shape index (κ2) is 5.51. The summed E-state index contributed by atoms with van der Waals surface area (Å²) in [6.07, 6.45) is -0.239. The maximum Gasteiger partial charge on any atom is 0.133 e. The molecule has 5 nitrogen and oxygen atoms in total. The van der Waals surface area contributed by atoms with Crippen LogP contribution in [0, 0.1) is 0 Å². The molecular weight excluding hydrogens is 284 g/mol. The molecule has 2 atom stereocenters. The van der Waals surface area contributed by atoms with Gasteiger partial charge in [0.25, 0.3) is 0 Å². The zero-order valence-corrected chi connectivity index (χ0v) is 12.2. The Labute approximate surface area is 128 Å². The molecule has 0 saturated heterocycles. The highest BCUT2D eigenvalue weighted by Gasteiger charge is 2.44. The zero-order chi connectivity index (χ0) is 15.7. The van der Waals surface area contributed by atoms with Gasteiger partial charge >= 0.3 is 0 Å². The highest BCUT2D eigenvalue weighted by Crippen LogP contribution is 2.42. The van der Waals surface area contributed by atoms with Crippen LogP contribution in [0.1, 0.15) is 17.2 Å². The van der Waals surface area contributed by atoms with Crippen molar-refractivity contribution in [2.24, 2.45) is 0 Å². The predicted octanol–water partition coefficient (Wildman–Crippen LogP) is 2.15. The van der Waals surface area contributed by atoms with E-state index in [1.54, 1.807) is 36.4 Å². The van der Waals surface area contributed by atoms with Gasteiger partial charge in [-0.1, -0.05) is 12.1 Å². The Morgan fingerprint density at radius 1 is 1.14 bits per heavy atom. The normalized spacial score (nSPS) is 23.6. The largest absolute Gasteiger partial charge is 0.508 e. The van der Waals surface area contributed by atoms with Gasteiger partial charge in [-0.15, -0.1) is 0 Å². The molecule has 2 aromatic rings. The van der Waals surface area contributed by atoms with E-state index in [0.29, 0.717) is 17.7 Å². The number of phenolic OH excluding ortho intramolecular Hbond substituents is 2. The molecule has 0 aromatic heterocycles. The minimum absolute atomic E-state index is 0.0584. The van der Waals surface area contributed by atoms with Crippen LogP contribution in [0.3, 0.4) is 0 Å². The van der Waals surface area contributed by atoms with E-state index in [4.69, 9.17) is 9.47 Å². The van der Waals surface area contributed by atoms with Crippen LogP contribution in [0.5, 0.6) is 17.2 Å². The summed E-state index contributed by atoms with van der Waals surface area (Å²) in [4.78, 5) is 0. The smallest absolute Gasteiger partial charge is 0.133 e. The number of rotatable bonds is 3. The molecule has 0 radical (unpaired) electrons. The number of aliphatic hydroxyl groups is 1. The van der Waals surface area contributed by atoms with Crippen molar-refractivity contribution in [2.45, 2.75) is 18.1 Å². The summed E-state index contributed by atoms with van der Waals surface area (Å²) >= 11 is 0. The van der Waals surface area contributed by atoms with Gasteiger partial charge in [0.2, 0.25) is 0 Å². The third kappa shape index (κ3) is 2.61. The maximum absolute atomic E-state index is 11.0. The van der Waals surface area contributed by atoms with Crippen molar-refractivity contribution in [1.29, 1.82) is 0 Å². The lowest BCUT2D eigenvalue weighted by atomic mass is 9.83. The Hall–Kier alpha value is -2.24. The lowest BCUT2D eigenvalue weighted by Crippen LogP contribution is -2.48. The molecule has 0 amide bonds. The number of benzene rings is 2. The Morgan fingerprint density at radius 2 is 1.82 bits per heavy atom. The Bertz CT molecular complexity index is 667. The predicted molar refractivity (Wildman–Crippen MR) is 80.1 cm³/mol. The average molecular weight is 302 g/mol. The van der Waals surface area contributed by atoms with Gasteiger partial charge < -0.3 is 24.8 Å². The van der Waals surface area contributed by atoms with E-state index in [2.05, 4.69) is 0 Å². The lowest BCUT2D eigenvalue weighted by Gasteiger charge is -2.40. The molecule has 2 aromatic carbocycles. The molecule has 3 rings (SSSR count). The van der Waals surface area contributed by atoms with Crippen LogP contribution >= 0.6 is 0 Å². The maximum atomic E-state index is 11.0. The van der Waals surface area contributed by atoms with Gasteiger partial charge in [0.1, 0.15) is 35.6 Å². The first-order valence-electron chi connectivity index (χ1n) is 7.00. The number of ether oxygens (including phenoxy) is 2. The van der Waals surface area contributed by atoms with E-state index >= 15 is 0 Å². The third-order valence-electron chi connectivity index (χ3n) is 3.93. The van der Waals surface area contributed by atoms with Gasteiger partial charge in [-0.2, -0.15) is 0 Å². The summed E-state index contributed by atoms with van der Waals surface area (Å²) in [5.74, 6) is 0.805. The van der Waals surface area contributed by atoms with Crippen molar-refractivity contribution in [3.8, 4) is 17.2 Å². The second-order valence-electron chi connectivity index (χ2n) is 5.57. The molecule has 1 aliphatic heterocycles. The first-order chi connectivity index (χ1) is 10.5. The second-order valence-corrected chi connectivity index (χ2v) is 5.57. The van der Waals surface area contributed by atoms with Gasteiger partial charge in [0.05, 0.1) is 0 Å². The fourth-order valence-electron chi connectivity index (χ4n) is 2.89. The van der Waals surface area contributed by atoms with E-state index in [9.17, 15) is 15.3 Å². The molecule has 1 aliphatic rings. The summed E-state index contributed by atoms with van der Waals surface area (Å²) in [7, 11) is 1.54. The SMILES string of the molecule is COC1c2ccc(O)cc2OC[C@]1(O)Cc1ccc(O)cc1. The minimum atomic E-state index is -1.23. The molecule has 0 fully saturated rings. The standard InChI is InChI=1S/C17H18O5/c1-21-16-14-7-6-13(19)8-15(14)22-10-17(16,20)9-11-2-4-12(18)5-3-11/h2-8,16,18-20H,9-10H2,1H3/t16?,17-/m1/s1. The van der Waals surface area contributed by atoms with Crippen LogP contribution in [0.25, 0.3) is 0 Å². The van der Waals surface area contributed by atoms with Gasteiger partial charge in [-0.3, -0.25) is 0 Å². The number of phenols is 2. The first-order valence-corrected chi connectivity index (χ1v) is 7.00. The Balaban J connectivity index is 1.92. The topological polar surface area (TPSA) is 79.2 Å². The van der Waals surface area contributed by atoms with Gasteiger partial charge in [-0.25, -0.2) is 0 Å². The molecular formula is C17H18O5. The molecule has 1 heterocycles. The van der Waals surface area contributed by atoms with Gasteiger partial charge in [0, 0.05) is 25.2 Å². The van der Waals surface area contributed by atoms with E-state index in [-0.39, 0.29) is 18.1 Å². The van der Waals surface area contributed by atoms with Crippen LogP contribution in [0.15, 0.2) is 42.5 Å². The monoisotopic (exact) mass is 302 g/mol. The lowest BCUT2D eigenvalue weighted by molar-refractivity contribution is -0.129. The summed E-state index contributed by atoms with van der Waals surface area (Å²) in [6.45, 7) is 0.0584. The van der Waals surface area contributed by atoms with Gasteiger partial charge in [-0.05, 0) is 29.8 Å². The van der Waals surface area contributed by atoms with E-state index < -0.39 is 11.7 Å². The third-order valence-corrected chi connectivity index (χ3v) is 3.93. The van der Waals surface area contributed by atoms with E-state index in [1.807, 2.05) is 0 Å². The quantitative estimate of drug-likeness (QED) is 0.809. The summed E-state index contributed by atoms with van der Waals surface area (Å²) < 4.78 is 11.1. The number of methoxy groups -OCH3 is 1. The minimum Gasteiger partial charge on any atom is -0.508 e. The molecule has 3 N–H and O–H groups in total. The molecule has 0 saturated carbocycles. The van der Waals surface area contributed by atoms with E-state index in [1.165, 1.54) is 13.2 Å². The molecule has 1 unspecified atom stereocenters. The number of aromatic hydroxyl groups is 2. The molecule has 0 aliphatic carbocycles. The molecule has 116 valence electrons. The average Bonchev–Trinajstić information content (AvgIpc) is 2.50. The van der Waals surface area contributed by atoms with Gasteiger partial charge in [0.15, 0.2) is 0 Å². The molecule has 0 bridgehead atoms. The summed E-state index contributed by atoms with van der Waals surface area (Å²) in [5, 5.41) is 29.9. The van der Waals surface area contributed by atoms with Crippen molar-refractivity contribution in [2.75, 3.05) is 13.7 Å². The molecule has 22 heavy (non-hydrogen) atoms. The van der Waals surface area contributed by atoms with E-state index in [0.717, 1.165) is 5.56 Å². The van der Waals surface area contributed by atoms with Crippen LogP contribution in [0.4, 0.5) is 0 Å². The van der Waals surface area contributed by atoms with Crippen LogP contribution in [-0.4, -0.2) is 34.6 Å². The van der Waals surface area contributed by atoms with Crippen molar-refractivity contribution in [3.63, 3.8) is 0 Å². The number of hydrogen-bond acceptors (Lipinski definition) is 5. The van der Waals surface area contributed by atoms with Crippen molar-refractivity contribution < 1.29 is 24.8 Å². The summed E-state index contributed by atoms with van der Waals surface area (Å²) in [5.41, 5.74) is 0.344. The van der Waals surface area contributed by atoms with Crippen LogP contribution < -0.4 is 4.74 Å². The fourth-order valence-corrected chi connectivity index (χ4v) is 2.89. The fraction of sp³-hybridized carbons (Fsp3) is 0.294. The number of hydrogen-bond donors (Lipinski definition) is 3. The van der Waals surface area contributed by atoms with Crippen LogP contribution in [0.2, 0.25) is 0 Å². The number of fused-ring (bicyclic) bond motifs is 1. The highest BCUT2D eigenvalue weighted by molar-refractivity contribution is 5.44. The summed E-state index contributed by atoms with van der Waals surface area (Å²) in [6, 6.07) is 11.4. The van der Waals surface area contributed by atoms with Crippen LogP contribution in [-0.2, 0) is 11.2 Å². The van der Waals surface area contributed by atoms with Crippen molar-refractivity contribution in [1.82, 2.24) is 0 Å². The van der Waals surface area contributed by atoms with Crippen molar-refractivity contribution in [3.05, 3.63) is 53.6 Å².